The van der Waals surface area contributed by atoms with Crippen molar-refractivity contribution in [3.05, 3.63) is 29.8 Å². The van der Waals surface area contributed by atoms with E-state index in [1.165, 1.54) is 6.42 Å². The van der Waals surface area contributed by atoms with Crippen molar-refractivity contribution in [2.45, 2.75) is 58.0 Å². The maximum atomic E-state index is 12.5. The predicted octanol–water partition coefficient (Wildman–Crippen LogP) is 3.42. The Morgan fingerprint density at radius 2 is 1.90 bits per heavy atom. The van der Waals surface area contributed by atoms with Crippen LogP contribution >= 0.6 is 0 Å². The van der Waals surface area contributed by atoms with E-state index in [1.807, 2.05) is 24.3 Å². The molecule has 1 saturated heterocycles. The fraction of sp³-hybridized carbons (Fsp3) is 0.588. The predicted molar refractivity (Wildman–Crippen MR) is 80.9 cm³/mol. The maximum Gasteiger partial charge on any atom is 0.223 e. The molecule has 1 aliphatic heterocycles. The number of rotatable bonds is 4. The Kier molecular flexibility index (Phi) is 5.05. The van der Waals surface area contributed by atoms with Crippen molar-refractivity contribution < 1.29 is 9.53 Å². The Balaban J connectivity index is 1.97. The van der Waals surface area contributed by atoms with Crippen LogP contribution in [-0.4, -0.2) is 30.0 Å². The van der Waals surface area contributed by atoms with Crippen LogP contribution in [0, 0.1) is 0 Å². The molecule has 0 aromatic heterocycles. The highest BCUT2D eigenvalue weighted by Crippen LogP contribution is 2.25. The summed E-state index contributed by atoms with van der Waals surface area (Å²) in [5.74, 6) is 1.15. The highest BCUT2D eigenvalue weighted by molar-refractivity contribution is 5.77. The van der Waals surface area contributed by atoms with Gasteiger partial charge in [-0.05, 0) is 51.2 Å². The zero-order chi connectivity index (χ0) is 14.5. The lowest BCUT2D eigenvalue weighted by molar-refractivity contribution is -0.137. The van der Waals surface area contributed by atoms with Crippen LogP contribution in [0.5, 0.6) is 5.75 Å². The van der Waals surface area contributed by atoms with E-state index in [0.717, 1.165) is 30.6 Å². The molecule has 0 aliphatic carbocycles. The zero-order valence-electron chi connectivity index (χ0n) is 12.8. The minimum Gasteiger partial charge on any atom is -0.496 e. The molecule has 0 radical (unpaired) electrons. The summed E-state index contributed by atoms with van der Waals surface area (Å²) in [6.45, 7) is 4.33. The minimum absolute atomic E-state index is 0.274. The molecule has 3 nitrogen and oxygen atoms in total. The van der Waals surface area contributed by atoms with Crippen molar-refractivity contribution in [1.29, 1.82) is 0 Å². The smallest absolute Gasteiger partial charge is 0.223 e. The number of methoxy groups -OCH3 is 1. The molecule has 20 heavy (non-hydrogen) atoms. The number of ether oxygens (including phenoxy) is 1. The lowest BCUT2D eigenvalue weighted by Gasteiger charge is -2.39. The van der Waals surface area contributed by atoms with E-state index in [4.69, 9.17) is 4.74 Å². The first-order valence-corrected chi connectivity index (χ1v) is 7.56. The van der Waals surface area contributed by atoms with Gasteiger partial charge in [0.1, 0.15) is 5.75 Å². The van der Waals surface area contributed by atoms with Gasteiger partial charge in [-0.3, -0.25) is 4.79 Å². The third-order valence-corrected chi connectivity index (χ3v) is 4.28. The second kappa shape index (κ2) is 6.78. The van der Waals surface area contributed by atoms with Gasteiger partial charge in [-0.1, -0.05) is 18.2 Å². The van der Waals surface area contributed by atoms with Crippen molar-refractivity contribution in [2.24, 2.45) is 0 Å². The number of piperidine rings is 1. The Hall–Kier alpha value is -1.51. The number of likely N-dealkylation sites (tertiary alicyclic amines) is 1. The molecule has 1 fully saturated rings. The van der Waals surface area contributed by atoms with Crippen LogP contribution in [0.1, 0.15) is 45.1 Å². The second-order valence-electron chi connectivity index (χ2n) is 5.74. The van der Waals surface area contributed by atoms with Gasteiger partial charge in [-0.2, -0.15) is 0 Å². The largest absolute Gasteiger partial charge is 0.496 e. The Bertz CT molecular complexity index is 448. The number of amides is 1. The lowest BCUT2D eigenvalue weighted by Crippen LogP contribution is -2.47. The average Bonchev–Trinajstić information content (AvgIpc) is 2.45. The third-order valence-electron chi connectivity index (χ3n) is 4.28. The monoisotopic (exact) mass is 275 g/mol. The highest BCUT2D eigenvalue weighted by atomic mass is 16.5. The van der Waals surface area contributed by atoms with Crippen LogP contribution in [0.15, 0.2) is 24.3 Å². The highest BCUT2D eigenvalue weighted by Gasteiger charge is 2.28. The van der Waals surface area contributed by atoms with E-state index in [2.05, 4.69) is 18.7 Å². The van der Waals surface area contributed by atoms with Gasteiger partial charge in [0.2, 0.25) is 5.91 Å². The van der Waals surface area contributed by atoms with E-state index >= 15 is 0 Å². The van der Waals surface area contributed by atoms with Gasteiger partial charge in [-0.25, -0.2) is 0 Å². The average molecular weight is 275 g/mol. The van der Waals surface area contributed by atoms with Crippen LogP contribution < -0.4 is 4.74 Å². The first-order chi connectivity index (χ1) is 9.63. The summed E-state index contributed by atoms with van der Waals surface area (Å²) in [4.78, 5) is 14.6. The maximum absolute atomic E-state index is 12.5. The van der Waals surface area contributed by atoms with Gasteiger partial charge in [-0.15, -0.1) is 0 Å². The molecular weight excluding hydrogens is 250 g/mol. The molecule has 0 spiro atoms. The normalized spacial score (nSPS) is 22.6. The minimum atomic E-state index is 0.274. The number of benzene rings is 1. The number of nitrogens with zero attached hydrogens (tertiary/aromatic N) is 1. The summed E-state index contributed by atoms with van der Waals surface area (Å²) in [6, 6.07) is 8.70. The molecule has 2 unspecified atom stereocenters. The lowest BCUT2D eigenvalue weighted by atomic mass is 9.96. The number of aryl methyl sites for hydroxylation is 1. The van der Waals surface area contributed by atoms with Gasteiger partial charge >= 0.3 is 0 Å². The van der Waals surface area contributed by atoms with Crippen LogP contribution in [0.25, 0.3) is 0 Å². The van der Waals surface area contributed by atoms with Crippen molar-refractivity contribution in [1.82, 2.24) is 4.90 Å². The SMILES string of the molecule is COc1ccccc1CCC(=O)N1C(C)CCCC1C. The summed E-state index contributed by atoms with van der Waals surface area (Å²) in [7, 11) is 1.68. The molecule has 1 aromatic carbocycles. The third kappa shape index (κ3) is 3.33. The van der Waals surface area contributed by atoms with Gasteiger partial charge in [0.05, 0.1) is 7.11 Å². The number of hydrogen-bond donors (Lipinski definition) is 0. The van der Waals surface area contributed by atoms with Crippen LogP contribution in [0.4, 0.5) is 0 Å². The number of carbonyl (C=O) groups is 1. The van der Waals surface area contributed by atoms with E-state index in [1.54, 1.807) is 7.11 Å². The van der Waals surface area contributed by atoms with Crippen molar-refractivity contribution in [2.75, 3.05) is 7.11 Å². The molecule has 0 saturated carbocycles. The molecule has 1 amide bonds. The molecule has 2 atom stereocenters. The molecule has 2 rings (SSSR count). The molecule has 3 heteroatoms. The zero-order valence-corrected chi connectivity index (χ0v) is 12.8. The topological polar surface area (TPSA) is 29.5 Å². The second-order valence-corrected chi connectivity index (χ2v) is 5.74. The standard InChI is InChI=1S/C17H25NO2/c1-13-7-6-8-14(2)18(13)17(19)12-11-15-9-4-5-10-16(15)20-3/h4-5,9-10,13-14H,6-8,11-12H2,1-3H3. The molecule has 1 heterocycles. The van der Waals surface area contributed by atoms with Crippen molar-refractivity contribution in [3.8, 4) is 5.75 Å². The van der Waals surface area contributed by atoms with E-state index in [0.29, 0.717) is 18.5 Å². The van der Waals surface area contributed by atoms with Crippen LogP contribution in [-0.2, 0) is 11.2 Å². The summed E-state index contributed by atoms with van der Waals surface area (Å²) in [5.41, 5.74) is 1.11. The fourth-order valence-electron chi connectivity index (χ4n) is 3.19. The van der Waals surface area contributed by atoms with Crippen LogP contribution in [0.3, 0.4) is 0 Å². The molecular formula is C17H25NO2. The van der Waals surface area contributed by atoms with Gasteiger partial charge < -0.3 is 9.64 Å². The quantitative estimate of drug-likeness (QED) is 0.842. The molecule has 1 aromatic rings. The van der Waals surface area contributed by atoms with Crippen LogP contribution in [0.2, 0.25) is 0 Å². The molecule has 0 bridgehead atoms. The van der Waals surface area contributed by atoms with Crippen molar-refractivity contribution >= 4 is 5.91 Å². The summed E-state index contributed by atoms with van der Waals surface area (Å²) in [5, 5.41) is 0. The van der Waals surface area contributed by atoms with Crippen molar-refractivity contribution in [3.63, 3.8) is 0 Å². The first kappa shape index (κ1) is 14.9. The number of carbonyl (C=O) groups excluding carboxylic acids is 1. The first-order valence-electron chi connectivity index (χ1n) is 7.56. The van der Waals surface area contributed by atoms with Gasteiger partial charge in [0, 0.05) is 18.5 Å². The van der Waals surface area contributed by atoms with Gasteiger partial charge in [0.15, 0.2) is 0 Å². The summed E-state index contributed by atoms with van der Waals surface area (Å²) in [6.07, 6.45) is 4.81. The van der Waals surface area contributed by atoms with Gasteiger partial charge in [0.25, 0.3) is 0 Å². The Morgan fingerprint density at radius 3 is 2.55 bits per heavy atom. The Morgan fingerprint density at radius 1 is 1.25 bits per heavy atom. The molecule has 0 N–H and O–H groups in total. The summed E-state index contributed by atoms with van der Waals surface area (Å²) >= 11 is 0. The van der Waals surface area contributed by atoms with E-state index in [9.17, 15) is 4.79 Å². The number of hydrogen-bond acceptors (Lipinski definition) is 2. The Labute approximate surface area is 121 Å². The molecule has 110 valence electrons. The fourth-order valence-corrected chi connectivity index (χ4v) is 3.19. The number of para-hydroxylation sites is 1. The molecule has 1 aliphatic rings. The van der Waals surface area contributed by atoms with E-state index in [-0.39, 0.29) is 5.91 Å². The van der Waals surface area contributed by atoms with E-state index < -0.39 is 0 Å². The summed E-state index contributed by atoms with van der Waals surface area (Å²) < 4.78 is 5.34.